The lowest BCUT2D eigenvalue weighted by Gasteiger charge is -2.11. The third-order valence-electron chi connectivity index (χ3n) is 1.49. The minimum absolute atomic E-state index is 0.374. The zero-order chi connectivity index (χ0) is 8.27. The van der Waals surface area contributed by atoms with E-state index in [9.17, 15) is 0 Å². The Kier molecular flexibility index (Phi) is 3.16. The van der Waals surface area contributed by atoms with Crippen LogP contribution in [-0.4, -0.2) is 14.1 Å². The van der Waals surface area contributed by atoms with Crippen molar-refractivity contribution in [1.82, 2.24) is 0 Å². The number of hydrogen-bond acceptors (Lipinski definition) is 1. The molecular formula is C8H11ClNP. The van der Waals surface area contributed by atoms with Crippen molar-refractivity contribution < 1.29 is 0 Å². The summed E-state index contributed by atoms with van der Waals surface area (Å²) in [6, 6.07) is 8.26. The van der Waals surface area contributed by atoms with Crippen molar-refractivity contribution >= 4 is 30.2 Å². The molecule has 1 unspecified atom stereocenters. The van der Waals surface area contributed by atoms with Gasteiger partial charge in [0.25, 0.3) is 0 Å². The molecule has 0 N–H and O–H groups in total. The van der Waals surface area contributed by atoms with E-state index in [1.807, 2.05) is 14.1 Å². The van der Waals surface area contributed by atoms with Crippen LogP contribution in [-0.2, 0) is 0 Å². The average Bonchev–Trinajstić information content (AvgIpc) is 2.05. The van der Waals surface area contributed by atoms with E-state index in [2.05, 4.69) is 29.2 Å². The van der Waals surface area contributed by atoms with E-state index in [1.54, 1.807) is 0 Å². The fourth-order valence-electron chi connectivity index (χ4n) is 0.823. The van der Waals surface area contributed by atoms with Gasteiger partial charge in [0.05, 0.1) is 0 Å². The molecule has 0 aliphatic carbocycles. The quantitative estimate of drug-likeness (QED) is 0.642. The third kappa shape index (κ3) is 2.36. The van der Waals surface area contributed by atoms with E-state index in [4.69, 9.17) is 11.2 Å². The average molecular weight is 188 g/mol. The molecule has 0 heterocycles. The second-order valence-corrected chi connectivity index (χ2v) is 3.87. The summed E-state index contributed by atoms with van der Waals surface area (Å²) in [7, 11) is 4.43. The van der Waals surface area contributed by atoms with Crippen LogP contribution in [0, 0.1) is 0 Å². The predicted octanol–water partition coefficient (Wildman–Crippen LogP) is 2.21. The maximum Gasteiger partial charge on any atom is 0.0361 e. The van der Waals surface area contributed by atoms with Crippen LogP contribution in [0.15, 0.2) is 24.3 Å². The second-order valence-electron chi connectivity index (χ2n) is 2.54. The van der Waals surface area contributed by atoms with Gasteiger partial charge >= 0.3 is 0 Å². The Balaban J connectivity index is 2.83. The molecule has 0 bridgehead atoms. The Morgan fingerprint density at radius 1 is 1.18 bits per heavy atom. The topological polar surface area (TPSA) is 3.24 Å². The number of nitrogens with zero attached hydrogens (tertiary/aromatic N) is 1. The predicted molar refractivity (Wildman–Crippen MR) is 54.6 cm³/mol. The number of hydrogen-bond donors (Lipinski definition) is 0. The zero-order valence-electron chi connectivity index (χ0n) is 6.63. The van der Waals surface area contributed by atoms with E-state index in [1.165, 1.54) is 11.0 Å². The third-order valence-corrected chi connectivity index (χ3v) is 2.70. The Labute approximate surface area is 73.9 Å². The molecule has 0 radical (unpaired) electrons. The van der Waals surface area contributed by atoms with Gasteiger partial charge < -0.3 is 4.90 Å². The smallest absolute Gasteiger partial charge is 0.0361 e. The van der Waals surface area contributed by atoms with E-state index in [0.29, 0.717) is 7.93 Å². The summed E-state index contributed by atoms with van der Waals surface area (Å²) in [5, 5.41) is 1.19. The number of benzene rings is 1. The van der Waals surface area contributed by atoms with Crippen molar-refractivity contribution in [2.24, 2.45) is 0 Å². The molecule has 1 nitrogen and oxygen atoms in total. The fraction of sp³-hybridized carbons (Fsp3) is 0.250. The summed E-state index contributed by atoms with van der Waals surface area (Å²) in [5.41, 5.74) is 1.21. The van der Waals surface area contributed by atoms with Gasteiger partial charge in [0.15, 0.2) is 0 Å². The number of anilines is 1. The normalized spacial score (nSPS) is 10.8. The van der Waals surface area contributed by atoms with Gasteiger partial charge in [0, 0.05) is 27.7 Å². The molecule has 11 heavy (non-hydrogen) atoms. The maximum absolute atomic E-state index is 5.67. The van der Waals surface area contributed by atoms with Crippen molar-refractivity contribution in [3.63, 3.8) is 0 Å². The minimum Gasteiger partial charge on any atom is -0.378 e. The first-order chi connectivity index (χ1) is 5.24. The number of halogens is 1. The summed E-state index contributed by atoms with van der Waals surface area (Å²) < 4.78 is 0. The molecule has 0 amide bonds. The highest BCUT2D eigenvalue weighted by atomic mass is 35.7. The van der Waals surface area contributed by atoms with E-state index >= 15 is 0 Å². The molecule has 0 fully saturated rings. The maximum atomic E-state index is 5.67. The van der Waals surface area contributed by atoms with Crippen LogP contribution in [0.5, 0.6) is 0 Å². The summed E-state index contributed by atoms with van der Waals surface area (Å²) >= 11 is 5.67. The molecule has 0 aliphatic rings. The Bertz CT molecular complexity index is 220. The molecule has 0 saturated heterocycles. The summed E-state index contributed by atoms with van der Waals surface area (Å²) in [4.78, 5) is 2.07. The van der Waals surface area contributed by atoms with Gasteiger partial charge in [0.2, 0.25) is 0 Å². The van der Waals surface area contributed by atoms with E-state index < -0.39 is 0 Å². The van der Waals surface area contributed by atoms with Crippen LogP contribution in [0.2, 0.25) is 0 Å². The fourth-order valence-corrected chi connectivity index (χ4v) is 1.49. The highest BCUT2D eigenvalue weighted by molar-refractivity contribution is 7.74. The largest absolute Gasteiger partial charge is 0.378 e. The lowest BCUT2D eigenvalue weighted by molar-refractivity contribution is 1.13. The highest BCUT2D eigenvalue weighted by Crippen LogP contribution is 2.17. The summed E-state index contributed by atoms with van der Waals surface area (Å²) in [6.07, 6.45) is 0. The Hall–Kier alpha value is -0.260. The monoisotopic (exact) mass is 187 g/mol. The van der Waals surface area contributed by atoms with Gasteiger partial charge in [-0.3, -0.25) is 0 Å². The van der Waals surface area contributed by atoms with E-state index in [-0.39, 0.29) is 0 Å². The van der Waals surface area contributed by atoms with Gasteiger partial charge in [-0.15, -0.1) is 0 Å². The lowest BCUT2D eigenvalue weighted by Crippen LogP contribution is -2.08. The molecule has 1 atom stereocenters. The molecule has 0 spiro atoms. The van der Waals surface area contributed by atoms with Crippen molar-refractivity contribution in [3.05, 3.63) is 24.3 Å². The van der Waals surface area contributed by atoms with Crippen molar-refractivity contribution in [3.8, 4) is 0 Å². The van der Waals surface area contributed by atoms with Gasteiger partial charge in [0.1, 0.15) is 0 Å². The second kappa shape index (κ2) is 3.94. The van der Waals surface area contributed by atoms with Crippen LogP contribution < -0.4 is 10.2 Å². The molecular weight excluding hydrogens is 177 g/mol. The molecule has 1 rings (SSSR count). The van der Waals surface area contributed by atoms with Crippen molar-refractivity contribution in [2.75, 3.05) is 19.0 Å². The lowest BCUT2D eigenvalue weighted by atomic mass is 10.3. The van der Waals surface area contributed by atoms with Crippen LogP contribution in [0.1, 0.15) is 0 Å². The van der Waals surface area contributed by atoms with Crippen LogP contribution >= 0.6 is 19.2 Å². The summed E-state index contributed by atoms with van der Waals surface area (Å²) in [5.74, 6) is 0. The van der Waals surface area contributed by atoms with Crippen molar-refractivity contribution in [2.45, 2.75) is 0 Å². The molecule has 1 aromatic rings. The Morgan fingerprint density at radius 3 is 2.09 bits per heavy atom. The first kappa shape index (κ1) is 8.83. The first-order valence-corrected chi connectivity index (χ1v) is 5.39. The SMILES string of the molecule is CN(C)c1ccc(PCl)cc1. The first-order valence-electron chi connectivity index (χ1n) is 3.38. The molecule has 0 aliphatic heterocycles. The van der Waals surface area contributed by atoms with E-state index in [0.717, 1.165) is 0 Å². The zero-order valence-corrected chi connectivity index (χ0v) is 8.39. The van der Waals surface area contributed by atoms with Crippen LogP contribution in [0.25, 0.3) is 0 Å². The Morgan fingerprint density at radius 2 is 1.73 bits per heavy atom. The molecule has 60 valence electrons. The minimum atomic E-state index is 0.374. The highest BCUT2D eigenvalue weighted by Gasteiger charge is 1.93. The molecule has 0 aromatic heterocycles. The van der Waals surface area contributed by atoms with Gasteiger partial charge in [-0.2, -0.15) is 0 Å². The van der Waals surface area contributed by atoms with Gasteiger partial charge in [-0.25, -0.2) is 0 Å². The van der Waals surface area contributed by atoms with Crippen LogP contribution in [0.4, 0.5) is 5.69 Å². The molecule has 1 aromatic carbocycles. The number of rotatable bonds is 2. The van der Waals surface area contributed by atoms with Crippen LogP contribution in [0.3, 0.4) is 0 Å². The van der Waals surface area contributed by atoms with Crippen molar-refractivity contribution in [1.29, 1.82) is 0 Å². The summed E-state index contributed by atoms with van der Waals surface area (Å²) in [6.45, 7) is 0. The molecule has 0 saturated carbocycles. The standard InChI is InChI=1S/C8H11ClNP/c1-10(2)7-3-5-8(11-9)6-4-7/h3-6,11H,1-2H3. The van der Waals surface area contributed by atoms with Gasteiger partial charge in [-0.1, -0.05) is 23.4 Å². The molecule has 3 heteroatoms. The van der Waals surface area contributed by atoms with Gasteiger partial charge in [-0.05, 0) is 17.4 Å².